The maximum Gasteiger partial charge on any atom is 0.414 e. The molecule has 0 radical (unpaired) electrons. The number of aromatic nitrogens is 3. The molecule has 2 aromatic heterocycles. The van der Waals surface area contributed by atoms with E-state index in [0.29, 0.717) is 24.5 Å². The molecule has 3 heterocycles. The minimum atomic E-state index is -0.554. The van der Waals surface area contributed by atoms with Gasteiger partial charge in [0.1, 0.15) is 17.7 Å². The lowest BCUT2D eigenvalue weighted by atomic mass is 9.96. The molecule has 166 valence electrons. The van der Waals surface area contributed by atoms with Crippen LogP contribution in [0.3, 0.4) is 0 Å². The summed E-state index contributed by atoms with van der Waals surface area (Å²) in [5.74, 6) is 0.491. The molecule has 0 saturated heterocycles. The molecule has 0 unspecified atom stereocenters. The second-order valence-corrected chi connectivity index (χ2v) is 8.71. The Morgan fingerprint density at radius 1 is 1.19 bits per heavy atom. The van der Waals surface area contributed by atoms with Crippen molar-refractivity contribution in [3.63, 3.8) is 0 Å². The van der Waals surface area contributed by atoms with E-state index in [1.165, 1.54) is 0 Å². The van der Waals surface area contributed by atoms with E-state index in [2.05, 4.69) is 15.3 Å². The number of hydrogen-bond donors (Lipinski definition) is 1. The molecule has 0 fully saturated rings. The van der Waals surface area contributed by atoms with Crippen LogP contribution in [0.25, 0.3) is 5.82 Å². The van der Waals surface area contributed by atoms with Crippen LogP contribution in [0, 0.1) is 0 Å². The van der Waals surface area contributed by atoms with Gasteiger partial charge in [0.05, 0.1) is 11.3 Å². The first-order chi connectivity index (χ1) is 15.3. The fourth-order valence-electron chi connectivity index (χ4n) is 3.71. The summed E-state index contributed by atoms with van der Waals surface area (Å²) in [5, 5.41) is 2.97. The summed E-state index contributed by atoms with van der Waals surface area (Å²) in [6.45, 7) is 6.57. The van der Waals surface area contributed by atoms with Gasteiger partial charge in [-0.3, -0.25) is 14.3 Å². The number of anilines is 1. The van der Waals surface area contributed by atoms with Crippen LogP contribution in [-0.4, -0.2) is 38.7 Å². The Balaban J connectivity index is 1.46. The number of hydrogen-bond acceptors (Lipinski definition) is 5. The highest BCUT2D eigenvalue weighted by Crippen LogP contribution is 2.31. The highest BCUT2D eigenvalue weighted by Gasteiger charge is 2.28. The first-order valence-corrected chi connectivity index (χ1v) is 10.7. The monoisotopic (exact) mass is 433 g/mol. The number of carbonyl (C=O) groups excluding carboxylic acids is 2. The fraction of sp³-hybridized carbons (Fsp3) is 0.333. The molecule has 2 amide bonds. The molecule has 0 saturated carbocycles. The quantitative estimate of drug-likeness (QED) is 0.674. The van der Waals surface area contributed by atoms with E-state index in [-0.39, 0.29) is 12.0 Å². The molecule has 4 rings (SSSR count). The first-order valence-electron chi connectivity index (χ1n) is 10.7. The molecule has 1 aromatic carbocycles. The van der Waals surface area contributed by atoms with Gasteiger partial charge in [0.2, 0.25) is 0 Å². The maximum absolute atomic E-state index is 12.7. The maximum atomic E-state index is 12.7. The number of rotatable bonds is 4. The Bertz CT molecular complexity index is 1100. The van der Waals surface area contributed by atoms with Crippen LogP contribution in [0.1, 0.15) is 48.7 Å². The third kappa shape index (κ3) is 4.80. The number of benzene rings is 1. The minimum Gasteiger partial charge on any atom is -0.443 e. The summed E-state index contributed by atoms with van der Waals surface area (Å²) in [4.78, 5) is 35.3. The van der Waals surface area contributed by atoms with Crippen molar-refractivity contribution in [2.45, 2.75) is 45.8 Å². The predicted octanol–water partition coefficient (Wildman–Crippen LogP) is 3.89. The zero-order valence-corrected chi connectivity index (χ0v) is 18.5. The van der Waals surface area contributed by atoms with Crippen LogP contribution in [0.2, 0.25) is 0 Å². The van der Waals surface area contributed by atoms with E-state index >= 15 is 0 Å². The van der Waals surface area contributed by atoms with Gasteiger partial charge in [-0.25, -0.2) is 14.8 Å². The van der Waals surface area contributed by atoms with E-state index < -0.39 is 5.60 Å². The van der Waals surface area contributed by atoms with Crippen LogP contribution >= 0.6 is 0 Å². The van der Waals surface area contributed by atoms with Crippen molar-refractivity contribution in [3.05, 3.63) is 71.9 Å². The lowest BCUT2D eigenvalue weighted by Gasteiger charge is -2.32. The molecule has 8 nitrogen and oxygen atoms in total. The number of pyridine rings is 1. The van der Waals surface area contributed by atoms with E-state index in [0.717, 1.165) is 29.7 Å². The van der Waals surface area contributed by atoms with Crippen molar-refractivity contribution >= 4 is 17.7 Å². The molecule has 32 heavy (non-hydrogen) atoms. The van der Waals surface area contributed by atoms with Crippen molar-refractivity contribution in [2.24, 2.45) is 0 Å². The number of amides is 2. The van der Waals surface area contributed by atoms with Gasteiger partial charge in [-0.1, -0.05) is 12.1 Å². The third-order valence-electron chi connectivity index (χ3n) is 5.18. The largest absolute Gasteiger partial charge is 0.443 e. The summed E-state index contributed by atoms with van der Waals surface area (Å²) >= 11 is 0. The van der Waals surface area contributed by atoms with Crippen molar-refractivity contribution in [1.29, 1.82) is 0 Å². The molecule has 0 atom stereocenters. The summed E-state index contributed by atoms with van der Waals surface area (Å²) in [7, 11) is 0. The highest BCUT2D eigenvalue weighted by molar-refractivity contribution is 5.94. The van der Waals surface area contributed by atoms with Gasteiger partial charge < -0.3 is 10.1 Å². The Morgan fingerprint density at radius 3 is 2.72 bits per heavy atom. The molecule has 8 heteroatoms. The highest BCUT2D eigenvalue weighted by atomic mass is 16.6. The molecule has 0 aliphatic carbocycles. The van der Waals surface area contributed by atoms with Crippen LogP contribution in [0.15, 0.2) is 55.2 Å². The zero-order valence-electron chi connectivity index (χ0n) is 18.5. The SMILES string of the molecule is CC(C)(C)OC(=O)N1CCCc2c(CNC(=O)c3ccc(-n4ccnc4)nc3)cccc21. The van der Waals surface area contributed by atoms with E-state index in [1.54, 1.807) is 46.5 Å². The van der Waals surface area contributed by atoms with Gasteiger partial charge in [-0.05, 0) is 62.9 Å². The van der Waals surface area contributed by atoms with Gasteiger partial charge in [0.15, 0.2) is 0 Å². The van der Waals surface area contributed by atoms with Crippen molar-refractivity contribution in [2.75, 3.05) is 11.4 Å². The van der Waals surface area contributed by atoms with Crippen molar-refractivity contribution < 1.29 is 14.3 Å². The molecule has 0 bridgehead atoms. The zero-order chi connectivity index (χ0) is 22.7. The summed E-state index contributed by atoms with van der Waals surface area (Å²) in [5.41, 5.74) is 2.84. The van der Waals surface area contributed by atoms with E-state index in [9.17, 15) is 9.59 Å². The summed E-state index contributed by atoms with van der Waals surface area (Å²) in [6, 6.07) is 9.34. The standard InChI is InChI=1S/C24H27N5O3/c1-24(2,3)32-23(31)29-12-5-7-19-17(6-4-8-20(19)29)14-27-22(30)18-9-10-21(26-15-18)28-13-11-25-16-28/h4,6,8-11,13,15-16H,5,7,12,14H2,1-3H3,(H,27,30). The van der Waals surface area contributed by atoms with E-state index in [1.807, 2.05) is 39.0 Å². The van der Waals surface area contributed by atoms with Crippen molar-refractivity contribution in [3.8, 4) is 5.82 Å². The van der Waals surface area contributed by atoms with Gasteiger partial charge in [-0.2, -0.15) is 0 Å². The van der Waals surface area contributed by atoms with Crippen LogP contribution in [0.4, 0.5) is 10.5 Å². The Labute approximate surface area is 187 Å². The molecule has 1 aliphatic rings. The Kier molecular flexibility index (Phi) is 5.94. The molecular weight excluding hydrogens is 406 g/mol. The molecule has 3 aromatic rings. The molecule has 1 N–H and O–H groups in total. The molecular formula is C24H27N5O3. The Morgan fingerprint density at radius 2 is 2.03 bits per heavy atom. The van der Waals surface area contributed by atoms with E-state index in [4.69, 9.17) is 4.74 Å². The number of ether oxygens (including phenoxy) is 1. The molecule has 1 aliphatic heterocycles. The lowest BCUT2D eigenvalue weighted by Crippen LogP contribution is -2.40. The van der Waals surface area contributed by atoms with Gasteiger partial charge in [0.25, 0.3) is 5.91 Å². The predicted molar refractivity (Wildman–Crippen MR) is 121 cm³/mol. The smallest absolute Gasteiger partial charge is 0.414 e. The van der Waals surface area contributed by atoms with Gasteiger partial charge in [-0.15, -0.1) is 0 Å². The van der Waals surface area contributed by atoms with Crippen molar-refractivity contribution in [1.82, 2.24) is 19.9 Å². The summed E-state index contributed by atoms with van der Waals surface area (Å²) < 4.78 is 7.34. The average Bonchev–Trinajstić information content (AvgIpc) is 3.31. The number of nitrogens with zero attached hydrogens (tertiary/aromatic N) is 4. The third-order valence-corrected chi connectivity index (χ3v) is 5.18. The fourth-order valence-corrected chi connectivity index (χ4v) is 3.71. The molecule has 0 spiro atoms. The number of fused-ring (bicyclic) bond motifs is 1. The Hall–Kier alpha value is -3.68. The summed E-state index contributed by atoms with van der Waals surface area (Å²) in [6.07, 6.45) is 8.02. The second kappa shape index (κ2) is 8.82. The first kappa shape index (κ1) is 21.5. The number of carbonyl (C=O) groups is 2. The minimum absolute atomic E-state index is 0.202. The lowest BCUT2D eigenvalue weighted by molar-refractivity contribution is 0.0577. The van der Waals surface area contributed by atoms with Crippen LogP contribution < -0.4 is 10.2 Å². The van der Waals surface area contributed by atoms with Gasteiger partial charge >= 0.3 is 6.09 Å². The average molecular weight is 434 g/mol. The topological polar surface area (TPSA) is 89.4 Å². The van der Waals surface area contributed by atoms with Gasteiger partial charge in [0, 0.05) is 31.7 Å². The van der Waals surface area contributed by atoms with Crippen LogP contribution in [-0.2, 0) is 17.7 Å². The second-order valence-electron chi connectivity index (χ2n) is 8.71. The normalized spacial score (nSPS) is 13.4. The number of imidazole rings is 1. The van der Waals surface area contributed by atoms with Crippen LogP contribution in [0.5, 0.6) is 0 Å². The number of nitrogens with one attached hydrogen (secondary N) is 1.